The summed E-state index contributed by atoms with van der Waals surface area (Å²) >= 11 is 0. The monoisotopic (exact) mass is 599 g/mol. The highest BCUT2D eigenvalue weighted by molar-refractivity contribution is 7.57. The van der Waals surface area contributed by atoms with E-state index in [9.17, 15) is 22.8 Å². The van der Waals surface area contributed by atoms with Gasteiger partial charge in [0.15, 0.2) is 0 Å². The van der Waals surface area contributed by atoms with Crippen molar-refractivity contribution in [2.24, 2.45) is 14.1 Å². The number of rotatable bonds is 9. The maximum absolute atomic E-state index is 14.0. The number of alkyl halides is 3. The molecule has 10 nitrogen and oxygen atoms in total. The van der Waals surface area contributed by atoms with E-state index in [4.69, 9.17) is 4.52 Å². The Balaban J connectivity index is 1.48. The fourth-order valence-corrected chi connectivity index (χ4v) is 6.20. The molecule has 14 heteroatoms. The van der Waals surface area contributed by atoms with Gasteiger partial charge in [0, 0.05) is 62.1 Å². The lowest BCUT2D eigenvalue weighted by Crippen LogP contribution is -2.12. The van der Waals surface area contributed by atoms with Crippen molar-refractivity contribution in [1.82, 2.24) is 24.3 Å². The van der Waals surface area contributed by atoms with Gasteiger partial charge in [-0.3, -0.25) is 9.25 Å². The van der Waals surface area contributed by atoms with E-state index in [1.54, 1.807) is 81.2 Å². The molecule has 0 radical (unpaired) electrons. The number of aromatic nitrogens is 5. The van der Waals surface area contributed by atoms with Crippen LogP contribution < -0.4 is 10.6 Å². The van der Waals surface area contributed by atoms with Crippen LogP contribution in [0.1, 0.15) is 18.1 Å². The van der Waals surface area contributed by atoms with Crippen LogP contribution in [0, 0.1) is 0 Å². The molecular weight excluding hydrogens is 570 g/mol. The molecular formula is C28H29F3N7O3P. The molecule has 3 heterocycles. The van der Waals surface area contributed by atoms with E-state index in [2.05, 4.69) is 25.7 Å². The minimum absolute atomic E-state index is 0.0748. The molecule has 220 valence electrons. The van der Waals surface area contributed by atoms with E-state index >= 15 is 0 Å². The fourth-order valence-electron chi connectivity index (χ4n) is 4.69. The Labute approximate surface area is 239 Å². The topological polar surface area (TPSA) is 119 Å². The van der Waals surface area contributed by atoms with Crippen LogP contribution in [0.3, 0.4) is 0 Å². The second-order valence-electron chi connectivity index (χ2n) is 9.91. The molecule has 5 rings (SSSR count). The van der Waals surface area contributed by atoms with Crippen molar-refractivity contribution in [2.75, 3.05) is 23.9 Å². The number of halogens is 3. The normalized spacial score (nSPS) is 13.3. The van der Waals surface area contributed by atoms with Crippen LogP contribution in [0.2, 0.25) is 0 Å². The van der Waals surface area contributed by atoms with Crippen molar-refractivity contribution >= 4 is 41.3 Å². The summed E-state index contributed by atoms with van der Waals surface area (Å²) in [6.45, 7) is 3.70. The third-order valence-corrected chi connectivity index (χ3v) is 8.32. The van der Waals surface area contributed by atoms with Crippen LogP contribution in [0.15, 0.2) is 61.2 Å². The largest absolute Gasteiger partial charge is 0.494 e. The zero-order valence-corrected chi connectivity index (χ0v) is 24.2. The number of aromatic hydroxyl groups is 1. The number of nitrogens with zero attached hydrogens (tertiary/aromatic N) is 5. The Kier molecular flexibility index (Phi) is 7.74. The van der Waals surface area contributed by atoms with Gasteiger partial charge in [-0.05, 0) is 36.2 Å². The molecule has 0 spiro atoms. The third kappa shape index (κ3) is 6.12. The fraction of sp³-hybridized carbons (Fsp3) is 0.250. The summed E-state index contributed by atoms with van der Waals surface area (Å²) in [7, 11) is 0.636. The number of benzene rings is 2. The summed E-state index contributed by atoms with van der Waals surface area (Å²) < 4.78 is 62.9. The van der Waals surface area contributed by atoms with Crippen molar-refractivity contribution in [3.05, 3.63) is 72.3 Å². The smallest absolute Gasteiger partial charge is 0.421 e. The van der Waals surface area contributed by atoms with Gasteiger partial charge in [0.25, 0.3) is 0 Å². The van der Waals surface area contributed by atoms with Crippen LogP contribution in [-0.2, 0) is 35.5 Å². The molecule has 3 aromatic heterocycles. The van der Waals surface area contributed by atoms with Crippen molar-refractivity contribution in [3.63, 3.8) is 0 Å². The molecule has 3 N–H and O–H groups in total. The summed E-state index contributed by atoms with van der Waals surface area (Å²) in [6.07, 6.45) is 1.39. The summed E-state index contributed by atoms with van der Waals surface area (Å²) in [5.41, 5.74) is 2.01. The molecule has 1 unspecified atom stereocenters. The second kappa shape index (κ2) is 11.1. The van der Waals surface area contributed by atoms with Gasteiger partial charge >= 0.3 is 6.18 Å². The summed E-state index contributed by atoms with van der Waals surface area (Å²) in [5.74, 6) is -0.687. The molecule has 0 saturated carbocycles. The molecule has 0 fully saturated rings. The number of nitrogens with one attached hydrogen (secondary N) is 2. The number of anilines is 4. The predicted octanol–water partition coefficient (Wildman–Crippen LogP) is 7.02. The maximum Gasteiger partial charge on any atom is 0.421 e. The van der Waals surface area contributed by atoms with Crippen molar-refractivity contribution in [1.29, 1.82) is 0 Å². The molecule has 0 amide bonds. The molecule has 0 bridgehead atoms. The maximum atomic E-state index is 14.0. The Bertz CT molecular complexity index is 1800. The van der Waals surface area contributed by atoms with Crippen LogP contribution in [-0.4, -0.2) is 42.7 Å². The lowest BCUT2D eigenvalue weighted by atomic mass is 10.0. The second-order valence-corrected chi connectivity index (χ2v) is 12.5. The van der Waals surface area contributed by atoms with E-state index in [1.807, 2.05) is 6.20 Å². The number of hydrogen-bond donors (Lipinski definition) is 3. The van der Waals surface area contributed by atoms with Gasteiger partial charge in [-0.25, -0.2) is 4.98 Å². The van der Waals surface area contributed by atoms with Crippen molar-refractivity contribution in [3.8, 4) is 17.0 Å². The Hall–Kier alpha value is -4.35. The SMILES string of the molecule is CCOP(C)(=O)Cc1ccc(Nc2ncc(C(F)(F)F)c(Nc3ccc(-c4cnn(C)c4)c4cn(C)c(O)c34)n2)cc1. The number of aryl methyl sites for hydroxylation is 2. The summed E-state index contributed by atoms with van der Waals surface area (Å²) in [6, 6.07) is 10.2. The quantitative estimate of drug-likeness (QED) is 0.155. The molecule has 0 aliphatic heterocycles. The van der Waals surface area contributed by atoms with E-state index in [0.29, 0.717) is 29.3 Å². The van der Waals surface area contributed by atoms with E-state index in [1.165, 1.54) is 4.57 Å². The molecule has 2 aromatic carbocycles. The summed E-state index contributed by atoms with van der Waals surface area (Å²) in [4.78, 5) is 8.02. The molecule has 0 aliphatic carbocycles. The van der Waals surface area contributed by atoms with Gasteiger partial charge in [0.1, 0.15) is 11.4 Å². The first kappa shape index (κ1) is 29.2. The van der Waals surface area contributed by atoms with E-state index in [-0.39, 0.29) is 23.7 Å². The van der Waals surface area contributed by atoms with Gasteiger partial charge in [0.2, 0.25) is 19.2 Å². The molecule has 5 aromatic rings. The standard InChI is InChI=1S/C28H29F3N7O3P/c1-5-41-42(4,40)16-17-6-8-19(9-7-17)34-27-32-13-22(28(29,30)31)25(36-27)35-23-11-10-20(18-12-33-38(3)14-18)21-15-37(2)26(39)24(21)23/h6-15,39H,5,16H2,1-4H3,(H2,32,34,35,36). The minimum atomic E-state index is -4.75. The zero-order chi connectivity index (χ0) is 30.2. The average Bonchev–Trinajstić information content (AvgIpc) is 3.47. The molecule has 0 aliphatic rings. The highest BCUT2D eigenvalue weighted by Crippen LogP contribution is 2.46. The average molecular weight is 600 g/mol. The first-order chi connectivity index (χ1) is 19.8. The molecule has 0 saturated heterocycles. The Morgan fingerprint density at radius 3 is 2.43 bits per heavy atom. The van der Waals surface area contributed by atoms with Crippen LogP contribution in [0.5, 0.6) is 5.88 Å². The minimum Gasteiger partial charge on any atom is -0.494 e. The van der Waals surface area contributed by atoms with Crippen LogP contribution in [0.25, 0.3) is 21.9 Å². The summed E-state index contributed by atoms with van der Waals surface area (Å²) in [5, 5.41) is 21.7. The molecule has 1 atom stereocenters. The van der Waals surface area contributed by atoms with Gasteiger partial charge < -0.3 is 24.8 Å². The van der Waals surface area contributed by atoms with E-state index in [0.717, 1.165) is 16.7 Å². The van der Waals surface area contributed by atoms with E-state index < -0.39 is 24.9 Å². The Morgan fingerprint density at radius 1 is 1.05 bits per heavy atom. The van der Waals surface area contributed by atoms with Gasteiger partial charge in [-0.15, -0.1) is 0 Å². The van der Waals surface area contributed by atoms with Gasteiger partial charge in [-0.1, -0.05) is 18.2 Å². The highest BCUT2D eigenvalue weighted by Gasteiger charge is 2.35. The Morgan fingerprint density at radius 2 is 1.79 bits per heavy atom. The lowest BCUT2D eigenvalue weighted by Gasteiger charge is -2.16. The van der Waals surface area contributed by atoms with Gasteiger partial charge in [0.05, 0.1) is 23.9 Å². The number of hydrogen-bond acceptors (Lipinski definition) is 8. The third-order valence-electron chi connectivity index (χ3n) is 6.57. The first-order valence-electron chi connectivity index (χ1n) is 12.9. The molecule has 42 heavy (non-hydrogen) atoms. The van der Waals surface area contributed by atoms with Crippen LogP contribution >= 0.6 is 7.37 Å². The zero-order valence-electron chi connectivity index (χ0n) is 23.3. The van der Waals surface area contributed by atoms with Crippen LogP contribution in [0.4, 0.5) is 36.3 Å². The van der Waals surface area contributed by atoms with Gasteiger partial charge in [-0.2, -0.15) is 23.3 Å². The predicted molar refractivity (Wildman–Crippen MR) is 156 cm³/mol. The first-order valence-corrected chi connectivity index (χ1v) is 15.2. The van der Waals surface area contributed by atoms with Crippen molar-refractivity contribution in [2.45, 2.75) is 19.3 Å². The highest BCUT2D eigenvalue weighted by atomic mass is 31.2. The lowest BCUT2D eigenvalue weighted by molar-refractivity contribution is -0.137. The number of fused-ring (bicyclic) bond motifs is 1. The van der Waals surface area contributed by atoms with Crippen molar-refractivity contribution < 1.29 is 27.4 Å².